The number of carboxylic acid groups (broad SMARTS) is 2. The van der Waals surface area contributed by atoms with Crippen LogP contribution in [0.2, 0.25) is 10.3 Å². The van der Waals surface area contributed by atoms with Crippen molar-refractivity contribution in [1.29, 1.82) is 0 Å². The summed E-state index contributed by atoms with van der Waals surface area (Å²) in [5.74, 6) is -1.74. The van der Waals surface area contributed by atoms with Gasteiger partial charge in [-0.1, -0.05) is 71.0 Å². The third-order valence-electron chi connectivity index (χ3n) is 10.9. The predicted molar refractivity (Wildman–Crippen MR) is 215 cm³/mol. The molecule has 2 saturated heterocycles. The van der Waals surface area contributed by atoms with Crippen molar-refractivity contribution in [2.45, 2.75) is 150 Å². The summed E-state index contributed by atoms with van der Waals surface area (Å²) in [5.41, 5.74) is 1.90. The van der Waals surface area contributed by atoms with E-state index in [-0.39, 0.29) is 47.3 Å². The number of rotatable bonds is 14. The second-order valence-electron chi connectivity index (χ2n) is 15.6. The van der Waals surface area contributed by atoms with Crippen LogP contribution in [-0.4, -0.2) is 145 Å². The van der Waals surface area contributed by atoms with E-state index in [9.17, 15) is 9.59 Å². The van der Waals surface area contributed by atoms with Gasteiger partial charge in [-0.05, 0) is 39.5 Å². The van der Waals surface area contributed by atoms with Gasteiger partial charge in [0.05, 0.1) is 24.3 Å². The van der Waals surface area contributed by atoms with Crippen LogP contribution in [0.25, 0.3) is 22.3 Å². The molecular weight excluding hydrogens is 867 g/mol. The molecule has 9 rings (SSSR count). The maximum atomic E-state index is 11.1. The lowest BCUT2D eigenvalue weighted by molar-refractivity contribution is -0.191. The molecule has 6 heterocycles. The number of nitrogens with zero attached hydrogens (tertiary/aromatic N) is 10. The highest BCUT2D eigenvalue weighted by molar-refractivity contribution is 7.99. The molecule has 0 amide bonds. The Bertz CT molecular complexity index is 2210. The first-order valence-corrected chi connectivity index (χ1v) is 22.7. The minimum Gasteiger partial charge on any atom is -0.480 e. The molecule has 20 nitrogen and oxygen atoms in total. The van der Waals surface area contributed by atoms with Gasteiger partial charge in [0.1, 0.15) is 37.6 Å². The SMILES string of the molecule is CCCSc1nc(Cl)c2nnn([C@@H]3C[C@H](OCC(=O)O)[C@H]4OC(C)(C)O[C@H]43)c2n1.CCCSc1nc(Cl)c2nnn([C@@H]3C[C@H](OCC(=O)O)[C@H]4OC5(CCCC5)O[C@H]43)c2n1. The number of aromatic nitrogens is 10. The van der Waals surface area contributed by atoms with Crippen LogP contribution in [0.4, 0.5) is 0 Å². The second kappa shape index (κ2) is 18.0. The standard InChI is InChI=1S/C19H24ClN5O5S.C17H22ClN5O5S/c1-2-7-31-18-21-16(20)13-17(22-18)25(24-23-13)10-8-11(28-9-12(26)27)15-14(10)29-19(30-15)5-3-4-6-19;1-4-5-29-16-19-14(18)11-15(20-16)23(22-21-11)8-6-9(26-7-10(24)25)13-12(8)27-17(2,3)28-13/h10-11,14-15H,2-9H2,1H3,(H,26,27);8-9,12-13H,4-7H2,1-3H3,(H,24,25)/t10-,11+,14+,15-;8-,9+,12+,13-/m11/s1. The zero-order valence-corrected chi connectivity index (χ0v) is 36.5. The van der Waals surface area contributed by atoms with E-state index in [0.717, 1.165) is 50.0 Å². The summed E-state index contributed by atoms with van der Waals surface area (Å²) in [6, 6.07) is -0.552. The summed E-state index contributed by atoms with van der Waals surface area (Å²) >= 11 is 15.7. The molecule has 4 aromatic heterocycles. The van der Waals surface area contributed by atoms with Gasteiger partial charge >= 0.3 is 11.9 Å². The first-order valence-electron chi connectivity index (χ1n) is 20.0. The summed E-state index contributed by atoms with van der Waals surface area (Å²) in [5, 5.41) is 36.7. The monoisotopic (exact) mass is 912 g/mol. The normalized spacial score (nSPS) is 28.7. The lowest BCUT2D eigenvalue weighted by Crippen LogP contribution is -2.33. The molecule has 3 saturated carbocycles. The second-order valence-corrected chi connectivity index (χ2v) is 18.5. The summed E-state index contributed by atoms with van der Waals surface area (Å²) < 4.78 is 39.6. The molecular formula is C36H46Cl2N10O10S2. The molecule has 1 spiro atoms. The number of halogens is 2. The molecule has 0 bridgehead atoms. The van der Waals surface area contributed by atoms with Gasteiger partial charge in [0.15, 0.2) is 54.5 Å². The molecule has 0 aromatic carbocycles. The fourth-order valence-electron chi connectivity index (χ4n) is 8.49. The van der Waals surface area contributed by atoms with Crippen molar-refractivity contribution in [1.82, 2.24) is 49.9 Å². The van der Waals surface area contributed by atoms with Crippen molar-refractivity contribution in [2.24, 2.45) is 0 Å². The van der Waals surface area contributed by atoms with Gasteiger partial charge in [0, 0.05) is 37.2 Å². The van der Waals surface area contributed by atoms with Crippen molar-refractivity contribution in [3.05, 3.63) is 10.3 Å². The largest absolute Gasteiger partial charge is 0.480 e. The molecule has 0 unspecified atom stereocenters. The van der Waals surface area contributed by atoms with Crippen LogP contribution in [0.5, 0.6) is 0 Å². The molecule has 326 valence electrons. The molecule has 4 aromatic rings. The summed E-state index contributed by atoms with van der Waals surface area (Å²) in [6.07, 6.45) is 4.27. The van der Waals surface area contributed by atoms with Gasteiger partial charge in [0.25, 0.3) is 0 Å². The third kappa shape index (κ3) is 8.91. The van der Waals surface area contributed by atoms with E-state index in [2.05, 4.69) is 54.4 Å². The number of aliphatic carboxylic acids is 2. The summed E-state index contributed by atoms with van der Waals surface area (Å²) in [7, 11) is 0. The van der Waals surface area contributed by atoms with E-state index in [1.54, 1.807) is 9.36 Å². The highest BCUT2D eigenvalue weighted by atomic mass is 35.5. The Balaban J connectivity index is 0.000000167. The number of hydrogen-bond donors (Lipinski definition) is 2. The number of carboxylic acids is 2. The lowest BCUT2D eigenvalue weighted by atomic mass is 10.2. The topological polar surface area (TPSA) is 243 Å². The van der Waals surface area contributed by atoms with Crippen molar-refractivity contribution in [3.63, 3.8) is 0 Å². The van der Waals surface area contributed by atoms with Gasteiger partial charge < -0.3 is 38.6 Å². The number of thioether (sulfide) groups is 2. The maximum absolute atomic E-state index is 11.1. The summed E-state index contributed by atoms with van der Waals surface area (Å²) in [4.78, 5) is 39.9. The van der Waals surface area contributed by atoms with Gasteiger partial charge in [-0.15, -0.1) is 10.2 Å². The first-order chi connectivity index (χ1) is 28.8. The Morgan fingerprint density at radius 1 is 0.717 bits per heavy atom. The molecule has 3 aliphatic carbocycles. The van der Waals surface area contributed by atoms with Crippen LogP contribution in [0.15, 0.2) is 10.3 Å². The number of fused-ring (bicyclic) bond motifs is 4. The van der Waals surface area contributed by atoms with E-state index >= 15 is 0 Å². The summed E-state index contributed by atoms with van der Waals surface area (Å²) in [6.45, 7) is 7.00. The van der Waals surface area contributed by atoms with Crippen LogP contribution in [0.3, 0.4) is 0 Å². The van der Waals surface area contributed by atoms with Gasteiger partial charge in [0.2, 0.25) is 0 Å². The minimum atomic E-state index is -1.04. The molecule has 24 heteroatoms. The van der Waals surface area contributed by atoms with Crippen molar-refractivity contribution in [2.75, 3.05) is 24.7 Å². The van der Waals surface area contributed by atoms with E-state index < -0.39 is 48.4 Å². The Morgan fingerprint density at radius 3 is 1.62 bits per heavy atom. The van der Waals surface area contributed by atoms with Gasteiger partial charge in [-0.25, -0.2) is 38.9 Å². The predicted octanol–water partition coefficient (Wildman–Crippen LogP) is 5.16. The Labute approximate surface area is 362 Å². The lowest BCUT2D eigenvalue weighted by Gasteiger charge is -2.26. The van der Waals surface area contributed by atoms with E-state index in [1.165, 1.54) is 23.5 Å². The highest BCUT2D eigenvalue weighted by Crippen LogP contribution is 2.51. The van der Waals surface area contributed by atoms with Gasteiger partial charge in [-0.3, -0.25) is 0 Å². The van der Waals surface area contributed by atoms with E-state index in [1.807, 2.05) is 13.8 Å². The highest BCUT2D eigenvalue weighted by Gasteiger charge is 2.60. The van der Waals surface area contributed by atoms with Gasteiger partial charge in [-0.2, -0.15) is 0 Å². The third-order valence-corrected chi connectivity index (χ3v) is 13.5. The van der Waals surface area contributed by atoms with Crippen LogP contribution in [0, 0.1) is 0 Å². The first kappa shape index (κ1) is 43.6. The van der Waals surface area contributed by atoms with Crippen LogP contribution in [-0.2, 0) is 38.0 Å². The molecule has 2 aliphatic heterocycles. The average molecular weight is 914 g/mol. The van der Waals surface area contributed by atoms with Crippen molar-refractivity contribution in [3.8, 4) is 0 Å². The molecule has 5 fully saturated rings. The number of ether oxygens (including phenoxy) is 6. The van der Waals surface area contributed by atoms with E-state index in [4.69, 9.17) is 61.8 Å². The maximum Gasteiger partial charge on any atom is 0.329 e. The number of hydrogen-bond acceptors (Lipinski definition) is 18. The molecule has 5 aliphatic rings. The van der Waals surface area contributed by atoms with Crippen molar-refractivity contribution < 1.29 is 48.2 Å². The molecule has 60 heavy (non-hydrogen) atoms. The van der Waals surface area contributed by atoms with E-state index in [0.29, 0.717) is 45.5 Å². The Morgan fingerprint density at radius 2 is 1.15 bits per heavy atom. The van der Waals surface area contributed by atoms with Crippen LogP contribution >= 0.6 is 46.7 Å². The van der Waals surface area contributed by atoms with Crippen molar-refractivity contribution >= 4 is 81.0 Å². The minimum absolute atomic E-state index is 0.247. The number of carbonyl (C=O) groups is 2. The fourth-order valence-corrected chi connectivity index (χ4v) is 10.4. The zero-order chi connectivity index (χ0) is 42.3. The van der Waals surface area contributed by atoms with Crippen LogP contribution < -0.4 is 0 Å². The molecule has 8 atom stereocenters. The zero-order valence-electron chi connectivity index (χ0n) is 33.3. The Hall–Kier alpha value is -3.06. The Kier molecular flexibility index (Phi) is 13.1. The molecule has 2 N–H and O–H groups in total. The van der Waals surface area contributed by atoms with Crippen LogP contribution in [0.1, 0.15) is 91.1 Å². The fraction of sp³-hybridized carbons (Fsp3) is 0.722. The smallest absolute Gasteiger partial charge is 0.329 e. The quantitative estimate of drug-likeness (QED) is 0.0943. The average Bonchev–Trinajstić information content (AvgIpc) is 4.07. The molecule has 0 radical (unpaired) electrons.